The highest BCUT2D eigenvalue weighted by Crippen LogP contribution is 2.26. The Labute approximate surface area is 120 Å². The van der Waals surface area contributed by atoms with E-state index >= 15 is 0 Å². The number of hydrogen-bond donors (Lipinski definition) is 0. The van der Waals surface area contributed by atoms with Crippen LogP contribution >= 0.6 is 11.6 Å². The Morgan fingerprint density at radius 2 is 1.84 bits per heavy atom. The Kier molecular flexibility index (Phi) is 5.29. The molecule has 2 heteroatoms. The smallest absolute Gasteiger partial charge is 0.119 e. The maximum Gasteiger partial charge on any atom is 0.119 e. The van der Waals surface area contributed by atoms with Gasteiger partial charge in [-0.15, -0.1) is 11.6 Å². The minimum atomic E-state index is 0.104. The number of alkyl halides is 1. The van der Waals surface area contributed by atoms with Crippen LogP contribution in [0.1, 0.15) is 29.3 Å². The van der Waals surface area contributed by atoms with Crippen LogP contribution in [-0.2, 0) is 6.42 Å². The standard InChI is InChI=1S/C17H19ClO/c1-19-16-11-5-7-14(13-16)8-6-12-17(18)15-9-3-2-4-10-15/h2-5,7,9-11,13,17H,6,8,12H2,1H3. The van der Waals surface area contributed by atoms with E-state index in [0.717, 1.165) is 25.0 Å². The quantitative estimate of drug-likeness (QED) is 0.674. The van der Waals surface area contributed by atoms with Crippen molar-refractivity contribution in [1.82, 2.24) is 0 Å². The first-order chi connectivity index (χ1) is 9.29. The molecule has 1 atom stereocenters. The predicted octanol–water partition coefficient (Wildman–Crippen LogP) is 5.00. The Bertz CT molecular complexity index is 496. The fraction of sp³-hybridized carbons (Fsp3) is 0.294. The van der Waals surface area contributed by atoms with E-state index in [1.54, 1.807) is 7.11 Å². The predicted molar refractivity (Wildman–Crippen MR) is 81.0 cm³/mol. The second-order valence-electron chi connectivity index (χ2n) is 4.62. The molecule has 0 aliphatic rings. The van der Waals surface area contributed by atoms with Gasteiger partial charge in [-0.2, -0.15) is 0 Å². The van der Waals surface area contributed by atoms with E-state index in [2.05, 4.69) is 24.3 Å². The molecule has 0 amide bonds. The largest absolute Gasteiger partial charge is 0.497 e. The average molecular weight is 275 g/mol. The molecule has 2 aromatic rings. The van der Waals surface area contributed by atoms with Gasteiger partial charge in [-0.25, -0.2) is 0 Å². The average Bonchev–Trinajstić information content (AvgIpc) is 2.48. The van der Waals surface area contributed by atoms with Crippen molar-refractivity contribution >= 4 is 11.6 Å². The first kappa shape index (κ1) is 14.0. The fourth-order valence-corrected chi connectivity index (χ4v) is 2.44. The first-order valence-electron chi connectivity index (χ1n) is 6.61. The minimum Gasteiger partial charge on any atom is -0.497 e. The monoisotopic (exact) mass is 274 g/mol. The van der Waals surface area contributed by atoms with Gasteiger partial charge in [-0.05, 0) is 42.5 Å². The van der Waals surface area contributed by atoms with Crippen molar-refractivity contribution < 1.29 is 4.74 Å². The third kappa shape index (κ3) is 4.29. The van der Waals surface area contributed by atoms with Crippen LogP contribution in [0.15, 0.2) is 54.6 Å². The molecule has 100 valence electrons. The van der Waals surface area contributed by atoms with Gasteiger partial charge in [0.2, 0.25) is 0 Å². The van der Waals surface area contributed by atoms with Crippen molar-refractivity contribution in [3.8, 4) is 5.75 Å². The number of ether oxygens (including phenoxy) is 1. The minimum absolute atomic E-state index is 0.104. The molecule has 0 bridgehead atoms. The Morgan fingerprint density at radius 3 is 2.58 bits per heavy atom. The zero-order valence-electron chi connectivity index (χ0n) is 11.2. The number of rotatable bonds is 6. The molecular formula is C17H19ClO. The van der Waals surface area contributed by atoms with Crippen LogP contribution in [0.3, 0.4) is 0 Å². The molecule has 0 heterocycles. The molecule has 0 fully saturated rings. The van der Waals surface area contributed by atoms with Crippen molar-refractivity contribution in [2.45, 2.75) is 24.6 Å². The SMILES string of the molecule is COc1cccc(CCCC(Cl)c2ccccc2)c1. The lowest BCUT2D eigenvalue weighted by molar-refractivity contribution is 0.414. The summed E-state index contributed by atoms with van der Waals surface area (Å²) in [5.41, 5.74) is 2.51. The molecule has 2 rings (SSSR count). The summed E-state index contributed by atoms with van der Waals surface area (Å²) >= 11 is 6.41. The highest BCUT2D eigenvalue weighted by molar-refractivity contribution is 6.20. The third-order valence-electron chi connectivity index (χ3n) is 3.22. The summed E-state index contributed by atoms with van der Waals surface area (Å²) in [7, 11) is 1.70. The van der Waals surface area contributed by atoms with E-state index in [1.807, 2.05) is 30.3 Å². The van der Waals surface area contributed by atoms with Crippen LogP contribution in [0, 0.1) is 0 Å². The molecule has 1 nitrogen and oxygen atoms in total. The van der Waals surface area contributed by atoms with E-state index in [9.17, 15) is 0 Å². The maximum absolute atomic E-state index is 6.41. The topological polar surface area (TPSA) is 9.23 Å². The van der Waals surface area contributed by atoms with Gasteiger partial charge in [0, 0.05) is 0 Å². The lowest BCUT2D eigenvalue weighted by Gasteiger charge is -2.10. The Balaban J connectivity index is 1.83. The second kappa shape index (κ2) is 7.20. The summed E-state index contributed by atoms with van der Waals surface area (Å²) in [5.74, 6) is 0.919. The molecule has 0 saturated carbocycles. The van der Waals surface area contributed by atoms with Crippen molar-refractivity contribution in [3.05, 3.63) is 65.7 Å². The van der Waals surface area contributed by atoms with E-state index in [-0.39, 0.29) is 5.38 Å². The van der Waals surface area contributed by atoms with Gasteiger partial charge in [-0.1, -0.05) is 42.5 Å². The van der Waals surface area contributed by atoms with Crippen molar-refractivity contribution in [1.29, 1.82) is 0 Å². The number of aryl methyl sites for hydroxylation is 1. The van der Waals surface area contributed by atoms with Gasteiger partial charge in [-0.3, -0.25) is 0 Å². The van der Waals surface area contributed by atoms with Gasteiger partial charge in [0.25, 0.3) is 0 Å². The number of halogens is 1. The summed E-state index contributed by atoms with van der Waals surface area (Å²) in [6.07, 6.45) is 3.10. The van der Waals surface area contributed by atoms with Crippen LogP contribution in [0.4, 0.5) is 0 Å². The molecule has 0 saturated heterocycles. The van der Waals surface area contributed by atoms with Gasteiger partial charge in [0.1, 0.15) is 5.75 Å². The molecular weight excluding hydrogens is 256 g/mol. The van der Waals surface area contributed by atoms with Gasteiger partial charge >= 0.3 is 0 Å². The molecule has 0 aromatic heterocycles. The molecule has 0 aliphatic heterocycles. The van der Waals surface area contributed by atoms with E-state index < -0.39 is 0 Å². The molecule has 0 aliphatic carbocycles. The van der Waals surface area contributed by atoms with Crippen LogP contribution < -0.4 is 4.74 Å². The summed E-state index contributed by atoms with van der Waals surface area (Å²) in [6, 6.07) is 18.5. The van der Waals surface area contributed by atoms with Gasteiger partial charge < -0.3 is 4.74 Å². The van der Waals surface area contributed by atoms with E-state index in [0.29, 0.717) is 0 Å². The molecule has 0 radical (unpaired) electrons. The molecule has 0 N–H and O–H groups in total. The maximum atomic E-state index is 6.41. The Hall–Kier alpha value is -1.47. The lowest BCUT2D eigenvalue weighted by atomic mass is 10.0. The molecule has 1 unspecified atom stereocenters. The third-order valence-corrected chi connectivity index (χ3v) is 3.69. The van der Waals surface area contributed by atoms with Crippen LogP contribution in [0.25, 0.3) is 0 Å². The number of hydrogen-bond acceptors (Lipinski definition) is 1. The molecule has 0 spiro atoms. The molecule has 19 heavy (non-hydrogen) atoms. The molecule has 2 aromatic carbocycles. The Morgan fingerprint density at radius 1 is 1.05 bits per heavy atom. The van der Waals surface area contributed by atoms with Crippen molar-refractivity contribution in [2.75, 3.05) is 7.11 Å². The van der Waals surface area contributed by atoms with E-state index in [1.165, 1.54) is 11.1 Å². The van der Waals surface area contributed by atoms with Crippen molar-refractivity contribution in [3.63, 3.8) is 0 Å². The zero-order chi connectivity index (χ0) is 13.5. The second-order valence-corrected chi connectivity index (χ2v) is 5.15. The number of benzene rings is 2. The highest BCUT2D eigenvalue weighted by Gasteiger charge is 2.07. The van der Waals surface area contributed by atoms with Gasteiger partial charge in [0.05, 0.1) is 12.5 Å². The fourth-order valence-electron chi connectivity index (χ4n) is 2.14. The first-order valence-corrected chi connectivity index (χ1v) is 7.05. The zero-order valence-corrected chi connectivity index (χ0v) is 11.9. The summed E-state index contributed by atoms with van der Waals surface area (Å²) in [4.78, 5) is 0. The van der Waals surface area contributed by atoms with Crippen LogP contribution in [-0.4, -0.2) is 7.11 Å². The summed E-state index contributed by atoms with van der Waals surface area (Å²) in [5, 5.41) is 0.104. The lowest BCUT2D eigenvalue weighted by Crippen LogP contribution is -1.93. The van der Waals surface area contributed by atoms with E-state index in [4.69, 9.17) is 16.3 Å². The van der Waals surface area contributed by atoms with Crippen molar-refractivity contribution in [2.24, 2.45) is 0 Å². The number of methoxy groups -OCH3 is 1. The van der Waals surface area contributed by atoms with Crippen LogP contribution in [0.2, 0.25) is 0 Å². The van der Waals surface area contributed by atoms with Gasteiger partial charge in [0.15, 0.2) is 0 Å². The van der Waals surface area contributed by atoms with Crippen LogP contribution in [0.5, 0.6) is 5.75 Å². The normalized spacial score (nSPS) is 12.1. The summed E-state index contributed by atoms with van der Waals surface area (Å²) in [6.45, 7) is 0. The highest BCUT2D eigenvalue weighted by atomic mass is 35.5. The summed E-state index contributed by atoms with van der Waals surface area (Å²) < 4.78 is 5.23.